The summed E-state index contributed by atoms with van der Waals surface area (Å²) in [5, 5.41) is 3.34. The molecule has 1 N–H and O–H groups in total. The highest BCUT2D eigenvalue weighted by Crippen LogP contribution is 2.19. The van der Waals surface area contributed by atoms with E-state index >= 15 is 0 Å². The Morgan fingerprint density at radius 1 is 1.64 bits per heavy atom. The molecule has 0 radical (unpaired) electrons. The fourth-order valence-corrected chi connectivity index (χ4v) is 1.38. The first-order valence-corrected chi connectivity index (χ1v) is 4.01. The van der Waals surface area contributed by atoms with E-state index < -0.39 is 0 Å². The summed E-state index contributed by atoms with van der Waals surface area (Å²) in [7, 11) is 0. The first-order valence-electron chi connectivity index (χ1n) is 4.01. The monoisotopic (exact) mass is 149 g/mol. The molecular weight excluding hydrogens is 134 g/mol. The molecule has 0 amide bonds. The van der Waals surface area contributed by atoms with Gasteiger partial charge in [0, 0.05) is 12.2 Å². The van der Waals surface area contributed by atoms with Crippen molar-refractivity contribution in [2.24, 2.45) is 0 Å². The predicted octanol–water partition coefficient (Wildman–Crippen LogP) is 2.39. The molecule has 0 saturated carbocycles. The van der Waals surface area contributed by atoms with Crippen molar-refractivity contribution in [2.75, 3.05) is 6.54 Å². The molecule has 0 atom stereocenters. The van der Waals surface area contributed by atoms with Crippen molar-refractivity contribution in [3.63, 3.8) is 0 Å². The van der Waals surface area contributed by atoms with Crippen LogP contribution in [0.15, 0.2) is 36.1 Å². The molecule has 1 aliphatic heterocycles. The Balaban J connectivity index is 2.87. The molecule has 1 fully saturated rings. The summed E-state index contributed by atoms with van der Waals surface area (Å²) in [6.07, 6.45) is 4.27. The Labute approximate surface area is 68.5 Å². The molecule has 0 aliphatic carbocycles. The van der Waals surface area contributed by atoms with Crippen LogP contribution in [0.25, 0.3) is 0 Å². The molecule has 0 aromatic heterocycles. The minimum atomic E-state index is 1.10. The first-order chi connectivity index (χ1) is 5.25. The number of nitrogens with one attached hydrogen (secondary N) is 1. The molecule has 1 heteroatoms. The Morgan fingerprint density at radius 2 is 2.36 bits per heavy atom. The highest BCUT2D eigenvalue weighted by Gasteiger charge is 2.09. The predicted molar refractivity (Wildman–Crippen MR) is 49.3 cm³/mol. The fourth-order valence-electron chi connectivity index (χ4n) is 1.38. The first kappa shape index (κ1) is 8.12. The molecule has 1 nitrogen and oxygen atoms in total. The van der Waals surface area contributed by atoms with E-state index in [1.807, 2.05) is 13.0 Å². The number of rotatable bonds is 2. The second kappa shape index (κ2) is 3.42. The minimum absolute atomic E-state index is 1.10. The quantitative estimate of drug-likeness (QED) is 0.635. The Hall–Kier alpha value is -0.980. The summed E-state index contributed by atoms with van der Waals surface area (Å²) in [6, 6.07) is 0. The van der Waals surface area contributed by atoms with Crippen molar-refractivity contribution < 1.29 is 0 Å². The van der Waals surface area contributed by atoms with Crippen LogP contribution in [0.3, 0.4) is 0 Å². The van der Waals surface area contributed by atoms with Gasteiger partial charge in [0.2, 0.25) is 0 Å². The lowest BCUT2D eigenvalue weighted by molar-refractivity contribution is 0.901. The molecule has 11 heavy (non-hydrogen) atoms. The summed E-state index contributed by atoms with van der Waals surface area (Å²) >= 11 is 0. The van der Waals surface area contributed by atoms with Gasteiger partial charge in [-0.1, -0.05) is 19.2 Å². The van der Waals surface area contributed by atoms with Gasteiger partial charge in [-0.2, -0.15) is 0 Å². The normalized spacial score (nSPS) is 20.8. The Bertz CT molecular complexity index is 203. The lowest BCUT2D eigenvalue weighted by Gasteiger charge is -2.06. The Morgan fingerprint density at radius 3 is 2.73 bits per heavy atom. The summed E-state index contributed by atoms with van der Waals surface area (Å²) in [6.45, 7) is 10.8. The van der Waals surface area contributed by atoms with Gasteiger partial charge in [0.25, 0.3) is 0 Å². The van der Waals surface area contributed by atoms with Crippen LogP contribution in [0, 0.1) is 0 Å². The van der Waals surface area contributed by atoms with E-state index in [0.717, 1.165) is 18.5 Å². The average molecular weight is 149 g/mol. The smallest absolute Gasteiger partial charge is 0.0183 e. The average Bonchev–Trinajstić information content (AvgIpc) is 2.40. The molecule has 0 bridgehead atoms. The number of hydrogen-bond donors (Lipinski definition) is 1. The van der Waals surface area contributed by atoms with Crippen LogP contribution in [0.2, 0.25) is 0 Å². The lowest BCUT2D eigenvalue weighted by Crippen LogP contribution is -2.06. The molecule has 1 saturated heterocycles. The van der Waals surface area contributed by atoms with Crippen molar-refractivity contribution in [3.8, 4) is 0 Å². The number of allylic oxidation sites excluding steroid dienone is 4. The highest BCUT2D eigenvalue weighted by molar-refractivity contribution is 5.40. The van der Waals surface area contributed by atoms with Crippen LogP contribution < -0.4 is 5.32 Å². The van der Waals surface area contributed by atoms with E-state index in [0.29, 0.717) is 0 Å². The minimum Gasteiger partial charge on any atom is -0.388 e. The van der Waals surface area contributed by atoms with E-state index in [1.165, 1.54) is 17.7 Å². The van der Waals surface area contributed by atoms with Crippen molar-refractivity contribution in [3.05, 3.63) is 36.1 Å². The second-order valence-electron chi connectivity index (χ2n) is 2.91. The van der Waals surface area contributed by atoms with Gasteiger partial charge >= 0.3 is 0 Å². The third-order valence-electron chi connectivity index (χ3n) is 1.93. The zero-order valence-electron chi connectivity index (χ0n) is 7.11. The van der Waals surface area contributed by atoms with Crippen molar-refractivity contribution in [2.45, 2.75) is 19.8 Å². The fraction of sp³-hybridized carbons (Fsp3) is 0.400. The maximum atomic E-state index is 3.90. The van der Waals surface area contributed by atoms with Gasteiger partial charge in [0.05, 0.1) is 0 Å². The number of hydrogen-bond acceptors (Lipinski definition) is 1. The summed E-state index contributed by atoms with van der Waals surface area (Å²) < 4.78 is 0. The van der Waals surface area contributed by atoms with E-state index in [4.69, 9.17) is 0 Å². The van der Waals surface area contributed by atoms with Gasteiger partial charge in [-0.25, -0.2) is 0 Å². The standard InChI is InChI=1S/C10H15N/c1-4-9(8(2)3)10-6-5-7-11-10/h4,11H,1-2,5-7H2,3H3/b10-9+. The topological polar surface area (TPSA) is 12.0 Å². The van der Waals surface area contributed by atoms with E-state index in [2.05, 4.69) is 18.5 Å². The van der Waals surface area contributed by atoms with Gasteiger partial charge in [-0.3, -0.25) is 0 Å². The van der Waals surface area contributed by atoms with Crippen LogP contribution in [-0.2, 0) is 0 Å². The summed E-state index contributed by atoms with van der Waals surface area (Å²) in [5.41, 5.74) is 3.61. The largest absolute Gasteiger partial charge is 0.388 e. The maximum absolute atomic E-state index is 3.90. The van der Waals surface area contributed by atoms with Crippen LogP contribution in [-0.4, -0.2) is 6.54 Å². The van der Waals surface area contributed by atoms with E-state index in [-0.39, 0.29) is 0 Å². The zero-order valence-corrected chi connectivity index (χ0v) is 7.11. The highest BCUT2D eigenvalue weighted by atomic mass is 14.9. The third-order valence-corrected chi connectivity index (χ3v) is 1.93. The van der Waals surface area contributed by atoms with Crippen LogP contribution >= 0.6 is 0 Å². The molecule has 1 aliphatic rings. The molecule has 1 rings (SSSR count). The van der Waals surface area contributed by atoms with Crippen molar-refractivity contribution in [1.29, 1.82) is 0 Å². The van der Waals surface area contributed by atoms with Gasteiger partial charge in [0.15, 0.2) is 0 Å². The molecule has 1 heterocycles. The van der Waals surface area contributed by atoms with E-state index in [9.17, 15) is 0 Å². The van der Waals surface area contributed by atoms with Gasteiger partial charge in [0.1, 0.15) is 0 Å². The van der Waals surface area contributed by atoms with Crippen LogP contribution in [0.5, 0.6) is 0 Å². The zero-order chi connectivity index (χ0) is 8.27. The molecular formula is C10H15N. The molecule has 60 valence electrons. The summed E-state index contributed by atoms with van der Waals surface area (Å²) in [5.74, 6) is 0. The van der Waals surface area contributed by atoms with Crippen LogP contribution in [0.4, 0.5) is 0 Å². The van der Waals surface area contributed by atoms with Crippen LogP contribution in [0.1, 0.15) is 19.8 Å². The van der Waals surface area contributed by atoms with E-state index in [1.54, 1.807) is 0 Å². The van der Waals surface area contributed by atoms with Crippen molar-refractivity contribution in [1.82, 2.24) is 5.32 Å². The van der Waals surface area contributed by atoms with Gasteiger partial charge < -0.3 is 5.32 Å². The lowest BCUT2D eigenvalue weighted by atomic mass is 10.1. The van der Waals surface area contributed by atoms with Gasteiger partial charge in [-0.05, 0) is 30.9 Å². The molecule has 0 aromatic carbocycles. The maximum Gasteiger partial charge on any atom is 0.0183 e. The molecule has 0 spiro atoms. The Kier molecular flexibility index (Phi) is 2.53. The third kappa shape index (κ3) is 1.73. The molecule has 0 aromatic rings. The van der Waals surface area contributed by atoms with Crippen molar-refractivity contribution >= 4 is 0 Å². The SMILES string of the molecule is C=C/C(C(=C)C)=C1/CCCN1. The second-order valence-corrected chi connectivity index (χ2v) is 2.91. The van der Waals surface area contributed by atoms with Gasteiger partial charge in [-0.15, -0.1) is 0 Å². The summed E-state index contributed by atoms with van der Waals surface area (Å²) in [4.78, 5) is 0. The molecule has 0 unspecified atom stereocenters.